The Hall–Kier alpha value is -2.20. The molecule has 0 aliphatic carbocycles. The number of para-hydroxylation sites is 1. The van der Waals surface area contributed by atoms with Crippen molar-refractivity contribution in [3.63, 3.8) is 0 Å². The van der Waals surface area contributed by atoms with Crippen LogP contribution in [0.25, 0.3) is 16.7 Å². The van der Waals surface area contributed by atoms with Crippen LogP contribution in [0.2, 0.25) is 0 Å². The van der Waals surface area contributed by atoms with E-state index in [1.807, 2.05) is 29.0 Å². The molecule has 0 fully saturated rings. The molecule has 1 N–H and O–H groups in total. The Balaban J connectivity index is 2.11. The molecule has 3 aromatic rings. The average molecular weight is 266 g/mol. The summed E-state index contributed by atoms with van der Waals surface area (Å²) in [6, 6.07) is 10.8. The Labute approximate surface area is 118 Å². The van der Waals surface area contributed by atoms with Gasteiger partial charge in [-0.15, -0.1) is 0 Å². The van der Waals surface area contributed by atoms with E-state index in [-0.39, 0.29) is 0 Å². The van der Waals surface area contributed by atoms with Crippen molar-refractivity contribution in [1.29, 1.82) is 0 Å². The van der Waals surface area contributed by atoms with E-state index in [2.05, 4.69) is 36.3 Å². The summed E-state index contributed by atoms with van der Waals surface area (Å²) in [5.41, 5.74) is 2.18. The average Bonchev–Trinajstić information content (AvgIpc) is 2.98. The number of aromatic nitrogens is 3. The molecule has 0 atom stereocenters. The van der Waals surface area contributed by atoms with E-state index in [4.69, 9.17) is 4.98 Å². The van der Waals surface area contributed by atoms with Crippen LogP contribution in [-0.4, -0.2) is 20.6 Å². The zero-order valence-electron chi connectivity index (χ0n) is 11.7. The van der Waals surface area contributed by atoms with Crippen molar-refractivity contribution in [3.05, 3.63) is 54.6 Å². The molecule has 2 aromatic heterocycles. The van der Waals surface area contributed by atoms with Crippen molar-refractivity contribution < 1.29 is 0 Å². The van der Waals surface area contributed by atoms with Crippen molar-refractivity contribution >= 4 is 10.9 Å². The SMILES string of the molecule is CC(C)NCc1cc2ccccc2nc1-n1ccnc1. The van der Waals surface area contributed by atoms with E-state index < -0.39 is 0 Å². The van der Waals surface area contributed by atoms with E-state index in [0.29, 0.717) is 6.04 Å². The highest BCUT2D eigenvalue weighted by molar-refractivity contribution is 5.80. The van der Waals surface area contributed by atoms with Crippen LogP contribution in [0.5, 0.6) is 0 Å². The van der Waals surface area contributed by atoms with Gasteiger partial charge in [0, 0.05) is 35.9 Å². The minimum absolute atomic E-state index is 0.442. The van der Waals surface area contributed by atoms with Gasteiger partial charge in [-0.1, -0.05) is 32.0 Å². The van der Waals surface area contributed by atoms with E-state index in [1.165, 1.54) is 5.56 Å². The Kier molecular flexibility index (Phi) is 3.48. The predicted octanol–water partition coefficient (Wildman–Crippen LogP) is 2.92. The molecule has 0 aliphatic heterocycles. The first-order valence-electron chi connectivity index (χ1n) is 6.84. The van der Waals surface area contributed by atoms with Crippen LogP contribution in [0.1, 0.15) is 19.4 Å². The summed E-state index contributed by atoms with van der Waals surface area (Å²) in [5.74, 6) is 0.939. The van der Waals surface area contributed by atoms with E-state index in [9.17, 15) is 0 Å². The van der Waals surface area contributed by atoms with Crippen molar-refractivity contribution in [2.45, 2.75) is 26.4 Å². The maximum Gasteiger partial charge on any atom is 0.143 e. The maximum atomic E-state index is 4.78. The Morgan fingerprint density at radius 2 is 2.10 bits per heavy atom. The summed E-state index contributed by atoms with van der Waals surface area (Å²) in [5, 5.41) is 4.62. The lowest BCUT2D eigenvalue weighted by Crippen LogP contribution is -2.23. The normalized spacial score (nSPS) is 11.3. The second-order valence-electron chi connectivity index (χ2n) is 5.17. The van der Waals surface area contributed by atoms with Gasteiger partial charge in [-0.05, 0) is 12.1 Å². The van der Waals surface area contributed by atoms with Gasteiger partial charge in [0.05, 0.1) is 5.52 Å². The standard InChI is InChI=1S/C16H18N4/c1-12(2)18-10-14-9-13-5-3-4-6-15(13)19-16(14)20-8-7-17-11-20/h3-9,11-12,18H,10H2,1-2H3. The van der Waals surface area contributed by atoms with Crippen LogP contribution in [0.4, 0.5) is 0 Å². The molecular formula is C16H18N4. The first kappa shape index (κ1) is 12.8. The van der Waals surface area contributed by atoms with Gasteiger partial charge in [0.15, 0.2) is 0 Å². The van der Waals surface area contributed by atoms with Gasteiger partial charge in [-0.2, -0.15) is 0 Å². The van der Waals surface area contributed by atoms with Gasteiger partial charge >= 0.3 is 0 Å². The summed E-state index contributed by atoms with van der Waals surface area (Å²) < 4.78 is 1.96. The third kappa shape index (κ3) is 2.56. The molecule has 4 nitrogen and oxygen atoms in total. The summed E-state index contributed by atoms with van der Waals surface area (Å²) in [6.45, 7) is 5.08. The number of nitrogens with zero attached hydrogens (tertiary/aromatic N) is 3. The molecule has 102 valence electrons. The second kappa shape index (κ2) is 5.43. The number of nitrogens with one attached hydrogen (secondary N) is 1. The number of imidazole rings is 1. The zero-order chi connectivity index (χ0) is 13.9. The van der Waals surface area contributed by atoms with Crippen LogP contribution >= 0.6 is 0 Å². The van der Waals surface area contributed by atoms with Gasteiger partial charge in [-0.25, -0.2) is 9.97 Å². The fourth-order valence-electron chi connectivity index (χ4n) is 2.20. The number of fused-ring (bicyclic) bond motifs is 1. The summed E-state index contributed by atoms with van der Waals surface area (Å²) >= 11 is 0. The van der Waals surface area contributed by atoms with Crippen molar-refractivity contribution in [1.82, 2.24) is 19.9 Å². The Morgan fingerprint density at radius 1 is 1.25 bits per heavy atom. The number of rotatable bonds is 4. The maximum absolute atomic E-state index is 4.78. The second-order valence-corrected chi connectivity index (χ2v) is 5.17. The minimum atomic E-state index is 0.442. The fourth-order valence-corrected chi connectivity index (χ4v) is 2.20. The molecule has 0 radical (unpaired) electrons. The summed E-state index contributed by atoms with van der Waals surface area (Å²) in [6.07, 6.45) is 5.49. The predicted molar refractivity (Wildman–Crippen MR) is 80.8 cm³/mol. The molecule has 2 heterocycles. The van der Waals surface area contributed by atoms with Gasteiger partial charge < -0.3 is 5.32 Å². The highest BCUT2D eigenvalue weighted by Crippen LogP contribution is 2.19. The number of hydrogen-bond donors (Lipinski definition) is 1. The molecule has 0 saturated carbocycles. The molecule has 3 rings (SSSR count). The fraction of sp³-hybridized carbons (Fsp3) is 0.250. The van der Waals surface area contributed by atoms with E-state index >= 15 is 0 Å². The van der Waals surface area contributed by atoms with Crippen molar-refractivity contribution in [2.24, 2.45) is 0 Å². The largest absolute Gasteiger partial charge is 0.310 e. The first-order chi connectivity index (χ1) is 9.74. The lowest BCUT2D eigenvalue weighted by Gasteiger charge is -2.13. The van der Waals surface area contributed by atoms with Gasteiger partial charge in [0.2, 0.25) is 0 Å². The summed E-state index contributed by atoms with van der Waals surface area (Å²) in [7, 11) is 0. The van der Waals surface area contributed by atoms with Crippen LogP contribution in [0.15, 0.2) is 49.1 Å². The van der Waals surface area contributed by atoms with E-state index in [1.54, 1.807) is 12.5 Å². The molecule has 1 aromatic carbocycles. The van der Waals surface area contributed by atoms with Crippen LogP contribution < -0.4 is 5.32 Å². The van der Waals surface area contributed by atoms with Crippen molar-refractivity contribution in [2.75, 3.05) is 0 Å². The molecule has 0 aliphatic rings. The zero-order valence-corrected chi connectivity index (χ0v) is 11.7. The van der Waals surface area contributed by atoms with E-state index in [0.717, 1.165) is 23.3 Å². The summed E-state index contributed by atoms with van der Waals surface area (Å²) in [4.78, 5) is 8.90. The molecule has 0 saturated heterocycles. The molecule has 4 heteroatoms. The number of benzene rings is 1. The Morgan fingerprint density at radius 3 is 2.85 bits per heavy atom. The van der Waals surface area contributed by atoms with Crippen molar-refractivity contribution in [3.8, 4) is 5.82 Å². The molecule has 0 unspecified atom stereocenters. The van der Waals surface area contributed by atoms with Gasteiger partial charge in [0.25, 0.3) is 0 Å². The Bertz CT molecular complexity index is 702. The molecule has 0 bridgehead atoms. The quantitative estimate of drug-likeness (QED) is 0.789. The minimum Gasteiger partial charge on any atom is -0.310 e. The molecular weight excluding hydrogens is 248 g/mol. The van der Waals surface area contributed by atoms with Gasteiger partial charge in [-0.3, -0.25) is 4.57 Å². The van der Waals surface area contributed by atoms with Crippen LogP contribution in [-0.2, 0) is 6.54 Å². The number of pyridine rings is 1. The first-order valence-corrected chi connectivity index (χ1v) is 6.84. The monoisotopic (exact) mass is 266 g/mol. The molecule has 0 spiro atoms. The smallest absolute Gasteiger partial charge is 0.143 e. The van der Waals surface area contributed by atoms with Crippen LogP contribution in [0.3, 0.4) is 0 Å². The third-order valence-electron chi connectivity index (χ3n) is 3.23. The molecule has 0 amide bonds. The lowest BCUT2D eigenvalue weighted by molar-refractivity contribution is 0.587. The lowest BCUT2D eigenvalue weighted by atomic mass is 10.1. The van der Waals surface area contributed by atoms with Gasteiger partial charge in [0.1, 0.15) is 12.1 Å². The molecule has 20 heavy (non-hydrogen) atoms. The number of hydrogen-bond acceptors (Lipinski definition) is 3. The van der Waals surface area contributed by atoms with Crippen LogP contribution in [0, 0.1) is 0 Å². The highest BCUT2D eigenvalue weighted by atomic mass is 15.1. The highest BCUT2D eigenvalue weighted by Gasteiger charge is 2.09. The third-order valence-corrected chi connectivity index (χ3v) is 3.23. The topological polar surface area (TPSA) is 42.7 Å².